The lowest BCUT2D eigenvalue weighted by Crippen LogP contribution is -2.07. The summed E-state index contributed by atoms with van der Waals surface area (Å²) >= 11 is 0. The van der Waals surface area contributed by atoms with Crippen molar-refractivity contribution < 1.29 is 5.11 Å². The minimum Gasteiger partial charge on any atom is -0.382 e. The lowest BCUT2D eigenvalue weighted by molar-refractivity contribution is 0.214. The fraction of sp³-hybridized carbons (Fsp3) is 0.0769. The first-order chi connectivity index (χ1) is 15.6. The van der Waals surface area contributed by atoms with Gasteiger partial charge in [0.05, 0.1) is 29.0 Å². The van der Waals surface area contributed by atoms with Gasteiger partial charge in [0.25, 0.3) is 0 Å². The fourth-order valence-corrected chi connectivity index (χ4v) is 3.40. The number of aryl methyl sites for hydroxylation is 1. The molecule has 4 rings (SSSR count). The molecule has 154 valence electrons. The second-order valence-corrected chi connectivity index (χ2v) is 7.28. The molecular formula is C26H19N5O. The molecule has 0 radical (unpaired) electrons. The summed E-state index contributed by atoms with van der Waals surface area (Å²) in [5, 5.41) is 31.9. The van der Waals surface area contributed by atoms with Crippen molar-refractivity contribution in [3.8, 4) is 23.3 Å². The van der Waals surface area contributed by atoms with Gasteiger partial charge in [-0.15, -0.1) is 0 Å². The summed E-state index contributed by atoms with van der Waals surface area (Å²) in [6, 6.07) is 26.1. The number of hydrogen-bond acceptors (Lipinski definition) is 6. The minimum atomic E-state index is -0.908. The molecule has 6 nitrogen and oxygen atoms in total. The molecule has 1 aromatic heterocycles. The third kappa shape index (κ3) is 4.46. The van der Waals surface area contributed by atoms with Crippen LogP contribution in [0, 0.1) is 29.6 Å². The van der Waals surface area contributed by atoms with Crippen LogP contribution in [0.4, 0.5) is 11.6 Å². The summed E-state index contributed by atoms with van der Waals surface area (Å²) in [6.07, 6.45) is 0.687. The lowest BCUT2D eigenvalue weighted by atomic mass is 9.95. The molecule has 1 atom stereocenters. The van der Waals surface area contributed by atoms with E-state index < -0.39 is 6.10 Å². The topological polar surface area (TPSA) is 106 Å². The molecule has 0 aliphatic carbocycles. The highest BCUT2D eigenvalue weighted by atomic mass is 16.3. The predicted molar refractivity (Wildman–Crippen MR) is 122 cm³/mol. The van der Waals surface area contributed by atoms with Crippen molar-refractivity contribution in [2.75, 3.05) is 5.32 Å². The molecular weight excluding hydrogens is 398 g/mol. The van der Waals surface area contributed by atoms with Crippen molar-refractivity contribution in [3.05, 3.63) is 107 Å². The molecule has 0 bridgehead atoms. The van der Waals surface area contributed by atoms with Gasteiger partial charge in [-0.2, -0.15) is 10.5 Å². The number of benzene rings is 3. The van der Waals surface area contributed by atoms with Crippen molar-refractivity contribution in [1.29, 1.82) is 10.5 Å². The maximum absolute atomic E-state index is 11.0. The summed E-state index contributed by atoms with van der Waals surface area (Å²) < 4.78 is 0. The molecule has 0 saturated carbocycles. The third-order valence-electron chi connectivity index (χ3n) is 5.14. The summed E-state index contributed by atoms with van der Waals surface area (Å²) in [4.78, 5) is 8.68. The second kappa shape index (κ2) is 9.09. The van der Waals surface area contributed by atoms with Crippen molar-refractivity contribution in [1.82, 2.24) is 9.97 Å². The van der Waals surface area contributed by atoms with E-state index in [-0.39, 0.29) is 0 Å². The first-order valence-corrected chi connectivity index (χ1v) is 9.96. The standard InChI is InChI=1S/C26H19N5O/c1-17-14-21(20-6-2-18(15-27)3-7-20)8-11-23(17)25(32)24-12-13-29-26(31-24)30-22-9-4-19(16-28)5-10-22/h2-14,25,32H,1H3,(H,29,30,31)/t25-/m1/s1. The average Bonchev–Trinajstić information content (AvgIpc) is 2.84. The van der Waals surface area contributed by atoms with Crippen molar-refractivity contribution >= 4 is 11.6 Å². The normalized spacial score (nSPS) is 11.2. The number of nitriles is 2. The van der Waals surface area contributed by atoms with Gasteiger partial charge in [-0.3, -0.25) is 0 Å². The Labute approximate surface area is 186 Å². The van der Waals surface area contributed by atoms with Gasteiger partial charge < -0.3 is 10.4 Å². The molecule has 32 heavy (non-hydrogen) atoms. The Morgan fingerprint density at radius 2 is 1.47 bits per heavy atom. The highest BCUT2D eigenvalue weighted by molar-refractivity contribution is 5.66. The van der Waals surface area contributed by atoms with Crippen LogP contribution < -0.4 is 5.32 Å². The Hall–Kier alpha value is -4.52. The Morgan fingerprint density at radius 3 is 2.09 bits per heavy atom. The van der Waals surface area contributed by atoms with Gasteiger partial charge in [-0.25, -0.2) is 9.97 Å². The second-order valence-electron chi connectivity index (χ2n) is 7.28. The van der Waals surface area contributed by atoms with Gasteiger partial charge in [0.1, 0.15) is 6.10 Å². The number of aliphatic hydroxyl groups excluding tert-OH is 1. The Bertz CT molecular complexity index is 1330. The van der Waals surface area contributed by atoms with E-state index in [1.165, 1.54) is 0 Å². The van der Waals surface area contributed by atoms with E-state index in [1.54, 1.807) is 48.7 Å². The zero-order valence-corrected chi connectivity index (χ0v) is 17.3. The number of nitrogens with zero attached hydrogens (tertiary/aromatic N) is 4. The maximum Gasteiger partial charge on any atom is 0.227 e. The SMILES string of the molecule is Cc1cc(-c2ccc(C#N)cc2)ccc1[C@@H](O)c1ccnc(Nc2ccc(C#N)cc2)n1. The van der Waals surface area contributed by atoms with Crippen LogP contribution in [0.1, 0.15) is 34.1 Å². The van der Waals surface area contributed by atoms with Crippen LogP contribution in [0.3, 0.4) is 0 Å². The van der Waals surface area contributed by atoms with E-state index in [9.17, 15) is 5.11 Å². The van der Waals surface area contributed by atoms with E-state index in [0.29, 0.717) is 22.8 Å². The van der Waals surface area contributed by atoms with Crippen LogP contribution in [0.25, 0.3) is 11.1 Å². The Morgan fingerprint density at radius 1 is 0.844 bits per heavy atom. The highest BCUT2D eigenvalue weighted by Gasteiger charge is 2.16. The lowest BCUT2D eigenvalue weighted by Gasteiger charge is -2.15. The number of anilines is 2. The Balaban J connectivity index is 1.55. The first-order valence-electron chi connectivity index (χ1n) is 9.96. The molecule has 0 saturated heterocycles. The monoisotopic (exact) mass is 417 g/mol. The average molecular weight is 417 g/mol. The summed E-state index contributed by atoms with van der Waals surface area (Å²) in [6.45, 7) is 1.95. The highest BCUT2D eigenvalue weighted by Crippen LogP contribution is 2.29. The van der Waals surface area contributed by atoms with Gasteiger partial charge in [0.15, 0.2) is 0 Å². The quantitative estimate of drug-likeness (QED) is 0.472. The molecule has 4 aromatic rings. The summed E-state index contributed by atoms with van der Waals surface area (Å²) in [5.41, 5.74) is 6.11. The van der Waals surface area contributed by atoms with Crippen LogP contribution in [-0.2, 0) is 0 Å². The van der Waals surface area contributed by atoms with Crippen molar-refractivity contribution in [2.45, 2.75) is 13.0 Å². The molecule has 1 heterocycles. The molecule has 0 fully saturated rings. The predicted octanol–water partition coefficient (Wildman–Crippen LogP) is 5.02. The zero-order valence-electron chi connectivity index (χ0n) is 17.3. The molecule has 3 aromatic carbocycles. The van der Waals surface area contributed by atoms with Gasteiger partial charge in [0.2, 0.25) is 5.95 Å². The first kappa shape index (κ1) is 20.7. The van der Waals surface area contributed by atoms with Gasteiger partial charge in [-0.1, -0.05) is 30.3 Å². The molecule has 0 unspecified atom stereocenters. The zero-order chi connectivity index (χ0) is 22.5. The van der Waals surface area contributed by atoms with Crippen LogP contribution in [0.15, 0.2) is 79.0 Å². The van der Waals surface area contributed by atoms with Crippen LogP contribution >= 0.6 is 0 Å². The molecule has 0 aliphatic heterocycles. The number of nitrogens with one attached hydrogen (secondary N) is 1. The molecule has 2 N–H and O–H groups in total. The van der Waals surface area contributed by atoms with E-state index in [2.05, 4.69) is 27.4 Å². The minimum absolute atomic E-state index is 0.359. The Kier molecular flexibility index (Phi) is 5.89. The molecule has 0 aliphatic rings. The largest absolute Gasteiger partial charge is 0.382 e. The number of rotatable bonds is 5. The third-order valence-corrected chi connectivity index (χ3v) is 5.14. The molecule has 0 spiro atoms. The molecule has 6 heteroatoms. The van der Waals surface area contributed by atoms with Crippen molar-refractivity contribution in [2.24, 2.45) is 0 Å². The van der Waals surface area contributed by atoms with Gasteiger partial charge in [0, 0.05) is 11.9 Å². The van der Waals surface area contributed by atoms with E-state index in [0.717, 1.165) is 27.9 Å². The van der Waals surface area contributed by atoms with Gasteiger partial charge in [-0.05, 0) is 71.6 Å². The van der Waals surface area contributed by atoms with Gasteiger partial charge >= 0.3 is 0 Å². The fourth-order valence-electron chi connectivity index (χ4n) is 3.40. The van der Waals surface area contributed by atoms with E-state index in [4.69, 9.17) is 10.5 Å². The van der Waals surface area contributed by atoms with Crippen molar-refractivity contribution in [3.63, 3.8) is 0 Å². The number of aliphatic hydroxyl groups is 1. The van der Waals surface area contributed by atoms with Crippen LogP contribution in [-0.4, -0.2) is 15.1 Å². The van der Waals surface area contributed by atoms with Crippen LogP contribution in [0.2, 0.25) is 0 Å². The van der Waals surface area contributed by atoms with Crippen LogP contribution in [0.5, 0.6) is 0 Å². The number of hydrogen-bond donors (Lipinski definition) is 2. The summed E-state index contributed by atoms with van der Waals surface area (Å²) in [7, 11) is 0. The number of aromatic nitrogens is 2. The maximum atomic E-state index is 11.0. The van der Waals surface area contributed by atoms with E-state index >= 15 is 0 Å². The van der Waals surface area contributed by atoms with E-state index in [1.807, 2.05) is 37.3 Å². The smallest absolute Gasteiger partial charge is 0.227 e. The molecule has 0 amide bonds. The summed E-state index contributed by atoms with van der Waals surface area (Å²) in [5.74, 6) is 0.359.